The van der Waals surface area contributed by atoms with E-state index in [0.717, 1.165) is 32.1 Å². The van der Waals surface area contributed by atoms with Crippen LogP contribution in [-0.4, -0.2) is 45.1 Å². The Morgan fingerprint density at radius 1 is 1.18 bits per heavy atom. The highest BCUT2D eigenvalue weighted by Gasteiger charge is 2.22. The maximum absolute atomic E-state index is 12.6. The molecule has 1 fully saturated rings. The van der Waals surface area contributed by atoms with Crippen molar-refractivity contribution in [1.29, 1.82) is 0 Å². The van der Waals surface area contributed by atoms with Crippen molar-refractivity contribution in [2.75, 3.05) is 13.6 Å². The van der Waals surface area contributed by atoms with Crippen LogP contribution in [0.2, 0.25) is 5.02 Å². The zero-order valence-electron chi connectivity index (χ0n) is 21.2. The molecule has 3 amide bonds. The van der Waals surface area contributed by atoms with Gasteiger partial charge < -0.3 is 20.5 Å². The Bertz CT molecular complexity index is 1220. The lowest BCUT2D eigenvalue weighted by Gasteiger charge is -2.22. The normalized spacial score (nSPS) is 16.9. The van der Waals surface area contributed by atoms with Crippen molar-refractivity contribution in [1.82, 2.24) is 15.4 Å². The molecular weight excluding hydrogens is 482 g/mol. The molecule has 1 saturated carbocycles. The molecule has 0 radical (unpaired) electrons. The molecule has 0 spiro atoms. The molecular formula is C23H28ClN3O6S. The first kappa shape index (κ1) is 21.7. The molecule has 1 aliphatic carbocycles. The molecule has 2 aromatic carbocycles. The second-order valence-corrected chi connectivity index (χ2v) is 10.1. The van der Waals surface area contributed by atoms with E-state index in [2.05, 4.69) is 10.6 Å². The minimum Gasteiger partial charge on any atom is -0.496 e. The van der Waals surface area contributed by atoms with E-state index in [1.54, 1.807) is 0 Å². The van der Waals surface area contributed by atoms with Crippen LogP contribution in [-0.2, 0) is 10.0 Å². The van der Waals surface area contributed by atoms with Crippen LogP contribution in [0.5, 0.6) is 5.75 Å². The van der Waals surface area contributed by atoms with E-state index in [4.69, 9.17) is 20.5 Å². The number of amides is 3. The van der Waals surface area contributed by atoms with Crippen molar-refractivity contribution in [3.8, 4) is 5.75 Å². The fraction of sp³-hybridized carbons (Fsp3) is 0.391. The highest BCUT2D eigenvalue weighted by atomic mass is 35.5. The molecule has 11 heteroatoms. The second-order valence-electron chi connectivity index (χ2n) is 7.95. The molecule has 2 aromatic rings. The smallest absolute Gasteiger partial charge is 0.328 e. The van der Waals surface area contributed by atoms with Gasteiger partial charge in [-0.3, -0.25) is 4.79 Å². The van der Waals surface area contributed by atoms with Gasteiger partial charge in [-0.25, -0.2) is 17.9 Å². The number of hydrogen-bond acceptors (Lipinski definition) is 6. The summed E-state index contributed by atoms with van der Waals surface area (Å²) in [7, 11) is -6.91. The Kier molecular flexibility index (Phi) is 7.37. The third-order valence-corrected chi connectivity index (χ3v) is 7.08. The topological polar surface area (TPSA) is 134 Å². The number of benzene rings is 2. The lowest BCUT2D eigenvalue weighted by molar-refractivity contribution is 0.0913. The molecule has 0 bridgehead atoms. The summed E-state index contributed by atoms with van der Waals surface area (Å²) in [4.78, 5) is 24.6. The van der Waals surface area contributed by atoms with Gasteiger partial charge in [-0.15, -0.1) is 0 Å². The Balaban J connectivity index is 1.59. The van der Waals surface area contributed by atoms with Gasteiger partial charge in [-0.2, -0.15) is 0 Å². The number of urea groups is 1. The van der Waals surface area contributed by atoms with Gasteiger partial charge >= 0.3 is 6.03 Å². The SMILES string of the molecule is [2H]C([2H])([2H])Oc1ccc(Cl)cc1C(=O)NCC(O)c1ccc(S(=O)(=O)NC(=O)NC2CCCCC2)cc1. The Labute approximate surface area is 208 Å². The predicted octanol–water partition coefficient (Wildman–Crippen LogP) is 3.13. The van der Waals surface area contributed by atoms with Gasteiger partial charge in [0.05, 0.1) is 27.7 Å². The van der Waals surface area contributed by atoms with Gasteiger partial charge in [0, 0.05) is 17.6 Å². The monoisotopic (exact) mass is 512 g/mol. The number of halogens is 1. The third-order valence-electron chi connectivity index (χ3n) is 5.49. The summed E-state index contributed by atoms with van der Waals surface area (Å²) < 4.78 is 53.6. The van der Waals surface area contributed by atoms with E-state index in [1.807, 2.05) is 4.72 Å². The molecule has 0 aliphatic heterocycles. The first-order valence-corrected chi connectivity index (χ1v) is 12.6. The first-order valence-electron chi connectivity index (χ1n) is 12.2. The fourth-order valence-electron chi connectivity index (χ4n) is 3.68. The summed E-state index contributed by atoms with van der Waals surface area (Å²) in [5.74, 6) is -0.931. The number of methoxy groups -OCH3 is 1. The van der Waals surface area contributed by atoms with Crippen molar-refractivity contribution < 1.29 is 32.0 Å². The minimum absolute atomic E-state index is 0.0558. The lowest BCUT2D eigenvalue weighted by atomic mass is 9.96. The van der Waals surface area contributed by atoms with E-state index in [0.29, 0.717) is 5.56 Å². The van der Waals surface area contributed by atoms with E-state index in [1.165, 1.54) is 42.5 Å². The number of aliphatic hydroxyl groups is 1. The molecule has 0 aromatic heterocycles. The zero-order valence-corrected chi connectivity index (χ0v) is 19.8. The lowest BCUT2D eigenvalue weighted by Crippen LogP contribution is -2.45. The molecule has 4 N–H and O–H groups in total. The summed E-state index contributed by atoms with van der Waals surface area (Å²) in [6.45, 7) is -0.271. The maximum Gasteiger partial charge on any atom is 0.328 e. The standard InChI is InChI=1S/C23H28ClN3O6S/c1-33-21-12-9-16(24)13-19(21)22(29)25-14-20(28)15-7-10-18(11-8-15)34(31,32)27-23(30)26-17-5-3-2-4-6-17/h7-13,17,20,28H,2-6,14H2,1H3,(H,25,29)(H2,26,27,30)/i1D3. The molecule has 0 saturated heterocycles. The van der Waals surface area contributed by atoms with E-state index in [9.17, 15) is 23.1 Å². The summed E-state index contributed by atoms with van der Waals surface area (Å²) in [5, 5.41) is 15.8. The number of aliphatic hydroxyl groups excluding tert-OH is 1. The van der Waals surface area contributed by atoms with Crippen LogP contribution in [0.25, 0.3) is 0 Å². The second kappa shape index (κ2) is 11.5. The van der Waals surface area contributed by atoms with Crippen molar-refractivity contribution in [3.63, 3.8) is 0 Å². The number of nitrogens with one attached hydrogen (secondary N) is 3. The van der Waals surface area contributed by atoms with Crippen molar-refractivity contribution >= 4 is 33.6 Å². The van der Waals surface area contributed by atoms with Crippen LogP contribution in [0.3, 0.4) is 0 Å². The van der Waals surface area contributed by atoms with Crippen LogP contribution < -0.4 is 20.1 Å². The Morgan fingerprint density at radius 3 is 2.56 bits per heavy atom. The van der Waals surface area contributed by atoms with E-state index in [-0.39, 0.29) is 33.8 Å². The molecule has 1 unspecified atom stereocenters. The van der Waals surface area contributed by atoms with Crippen LogP contribution >= 0.6 is 11.6 Å². The highest BCUT2D eigenvalue weighted by molar-refractivity contribution is 7.90. The molecule has 0 heterocycles. The van der Waals surface area contributed by atoms with Gasteiger partial charge in [0.1, 0.15) is 5.75 Å². The van der Waals surface area contributed by atoms with E-state index >= 15 is 0 Å². The summed E-state index contributed by atoms with van der Waals surface area (Å²) in [6, 6.07) is 8.19. The van der Waals surface area contributed by atoms with Crippen molar-refractivity contribution in [2.45, 2.75) is 49.1 Å². The van der Waals surface area contributed by atoms with Gasteiger partial charge in [-0.1, -0.05) is 43.0 Å². The van der Waals surface area contributed by atoms with Crippen LogP contribution in [0.15, 0.2) is 47.4 Å². The molecule has 9 nitrogen and oxygen atoms in total. The maximum atomic E-state index is 12.6. The molecule has 1 atom stereocenters. The average Bonchev–Trinajstić information content (AvgIpc) is 2.83. The minimum atomic E-state index is -4.12. The van der Waals surface area contributed by atoms with Crippen LogP contribution in [0, 0.1) is 0 Å². The van der Waals surface area contributed by atoms with Crippen molar-refractivity contribution in [2.24, 2.45) is 0 Å². The molecule has 184 valence electrons. The number of hydrogen-bond donors (Lipinski definition) is 4. The average molecular weight is 513 g/mol. The van der Waals surface area contributed by atoms with Crippen LogP contribution in [0.4, 0.5) is 4.79 Å². The Hall–Kier alpha value is -2.82. The molecule has 3 rings (SSSR count). The quantitative estimate of drug-likeness (QED) is 0.429. The molecule has 34 heavy (non-hydrogen) atoms. The third kappa shape index (κ3) is 6.85. The highest BCUT2D eigenvalue weighted by Crippen LogP contribution is 2.23. The number of sulfonamides is 1. The van der Waals surface area contributed by atoms with Gasteiger partial charge in [-0.05, 0) is 48.7 Å². The number of rotatable bonds is 8. The van der Waals surface area contributed by atoms with E-state index < -0.39 is 35.1 Å². The van der Waals surface area contributed by atoms with Gasteiger partial charge in [0.15, 0.2) is 0 Å². The summed E-state index contributed by atoms with van der Waals surface area (Å²) in [5.41, 5.74) is 0.172. The number of ether oxygens (including phenoxy) is 1. The predicted molar refractivity (Wildman–Crippen MR) is 127 cm³/mol. The first-order chi connectivity index (χ1) is 17.3. The summed E-state index contributed by atoms with van der Waals surface area (Å²) in [6.07, 6.45) is 3.47. The molecule has 1 aliphatic rings. The zero-order chi connectivity index (χ0) is 27.2. The number of carbonyl (C=O) groups is 2. The van der Waals surface area contributed by atoms with Crippen LogP contribution in [0.1, 0.15) is 58.2 Å². The van der Waals surface area contributed by atoms with Gasteiger partial charge in [0.25, 0.3) is 15.9 Å². The largest absolute Gasteiger partial charge is 0.496 e. The summed E-state index contributed by atoms with van der Waals surface area (Å²) >= 11 is 5.92. The van der Waals surface area contributed by atoms with Gasteiger partial charge in [0.2, 0.25) is 0 Å². The van der Waals surface area contributed by atoms with Crippen molar-refractivity contribution in [3.05, 3.63) is 58.6 Å². The number of carbonyl (C=O) groups excluding carboxylic acids is 2. The Morgan fingerprint density at radius 2 is 1.88 bits per heavy atom. The fourth-order valence-corrected chi connectivity index (χ4v) is 4.77.